The minimum atomic E-state index is 0.442. The highest BCUT2D eigenvalue weighted by Crippen LogP contribution is 2.18. The molecule has 24 heavy (non-hydrogen) atoms. The second-order valence-corrected chi connectivity index (χ2v) is 5.09. The van der Waals surface area contributed by atoms with Gasteiger partial charge in [-0.25, -0.2) is 0 Å². The van der Waals surface area contributed by atoms with Gasteiger partial charge in [0.15, 0.2) is 5.82 Å². The van der Waals surface area contributed by atoms with E-state index < -0.39 is 0 Å². The molecule has 3 aromatic rings. The van der Waals surface area contributed by atoms with Gasteiger partial charge >= 0.3 is 0 Å². The SMILES string of the molecule is CCOc1ccc(Nc2nncc(NCc3ccccc3)n2)cc1. The molecule has 0 aliphatic rings. The molecule has 3 rings (SSSR count). The average molecular weight is 321 g/mol. The van der Waals surface area contributed by atoms with E-state index in [1.807, 2.05) is 49.4 Å². The Morgan fingerprint density at radius 2 is 1.79 bits per heavy atom. The van der Waals surface area contributed by atoms with Crippen molar-refractivity contribution in [3.05, 3.63) is 66.4 Å². The summed E-state index contributed by atoms with van der Waals surface area (Å²) < 4.78 is 5.42. The number of anilines is 3. The highest BCUT2D eigenvalue weighted by Gasteiger charge is 2.02. The number of benzene rings is 2. The summed E-state index contributed by atoms with van der Waals surface area (Å²) >= 11 is 0. The van der Waals surface area contributed by atoms with E-state index >= 15 is 0 Å². The lowest BCUT2D eigenvalue weighted by atomic mass is 10.2. The molecule has 1 aromatic heterocycles. The van der Waals surface area contributed by atoms with Crippen LogP contribution in [0.5, 0.6) is 5.75 Å². The van der Waals surface area contributed by atoms with Gasteiger partial charge in [0, 0.05) is 12.2 Å². The van der Waals surface area contributed by atoms with Gasteiger partial charge in [-0.1, -0.05) is 30.3 Å². The van der Waals surface area contributed by atoms with Crippen LogP contribution < -0.4 is 15.4 Å². The van der Waals surface area contributed by atoms with Crippen LogP contribution in [0.1, 0.15) is 12.5 Å². The van der Waals surface area contributed by atoms with E-state index in [9.17, 15) is 0 Å². The van der Waals surface area contributed by atoms with Crippen molar-refractivity contribution in [2.75, 3.05) is 17.2 Å². The van der Waals surface area contributed by atoms with Crippen LogP contribution in [0.25, 0.3) is 0 Å². The third-order valence-electron chi connectivity index (χ3n) is 3.30. The van der Waals surface area contributed by atoms with Gasteiger partial charge in [-0.2, -0.15) is 10.1 Å². The molecule has 1 heterocycles. The number of ether oxygens (including phenoxy) is 1. The summed E-state index contributed by atoms with van der Waals surface area (Å²) in [6, 6.07) is 17.8. The summed E-state index contributed by atoms with van der Waals surface area (Å²) in [6.07, 6.45) is 1.60. The molecular weight excluding hydrogens is 302 g/mol. The normalized spacial score (nSPS) is 10.2. The molecule has 0 atom stereocenters. The van der Waals surface area contributed by atoms with Gasteiger partial charge in [0.1, 0.15) is 5.75 Å². The molecule has 0 spiro atoms. The molecule has 0 saturated heterocycles. The Morgan fingerprint density at radius 3 is 2.54 bits per heavy atom. The van der Waals surface area contributed by atoms with Gasteiger partial charge in [-0.3, -0.25) is 0 Å². The zero-order chi connectivity index (χ0) is 16.6. The third-order valence-corrected chi connectivity index (χ3v) is 3.30. The van der Waals surface area contributed by atoms with Crippen molar-refractivity contribution in [3.63, 3.8) is 0 Å². The van der Waals surface area contributed by atoms with Gasteiger partial charge in [-0.15, -0.1) is 5.10 Å². The molecule has 0 saturated carbocycles. The largest absolute Gasteiger partial charge is 0.494 e. The van der Waals surface area contributed by atoms with Crippen LogP contribution in [0.3, 0.4) is 0 Å². The van der Waals surface area contributed by atoms with Gasteiger partial charge < -0.3 is 15.4 Å². The molecule has 6 nitrogen and oxygen atoms in total. The zero-order valence-corrected chi connectivity index (χ0v) is 13.4. The lowest BCUT2D eigenvalue weighted by Crippen LogP contribution is -2.05. The van der Waals surface area contributed by atoms with Crippen LogP contribution in [0.4, 0.5) is 17.5 Å². The first kappa shape index (κ1) is 15.7. The topological polar surface area (TPSA) is 72.0 Å². The number of nitrogens with one attached hydrogen (secondary N) is 2. The van der Waals surface area contributed by atoms with Gasteiger partial charge in [0.25, 0.3) is 0 Å². The molecule has 2 aromatic carbocycles. The minimum absolute atomic E-state index is 0.442. The fourth-order valence-corrected chi connectivity index (χ4v) is 2.16. The zero-order valence-electron chi connectivity index (χ0n) is 13.4. The molecular formula is C18H19N5O. The molecule has 0 fully saturated rings. The summed E-state index contributed by atoms with van der Waals surface area (Å²) in [6.45, 7) is 3.29. The Hall–Kier alpha value is -3.15. The molecule has 0 radical (unpaired) electrons. The summed E-state index contributed by atoms with van der Waals surface area (Å²) in [5, 5.41) is 14.4. The van der Waals surface area contributed by atoms with Crippen LogP contribution >= 0.6 is 0 Å². The molecule has 6 heteroatoms. The van der Waals surface area contributed by atoms with Crippen molar-refractivity contribution in [1.82, 2.24) is 15.2 Å². The van der Waals surface area contributed by atoms with Crippen molar-refractivity contribution in [2.24, 2.45) is 0 Å². The lowest BCUT2D eigenvalue weighted by Gasteiger charge is -2.08. The maximum Gasteiger partial charge on any atom is 0.249 e. The van der Waals surface area contributed by atoms with Crippen molar-refractivity contribution >= 4 is 17.5 Å². The van der Waals surface area contributed by atoms with Gasteiger partial charge in [0.2, 0.25) is 5.95 Å². The number of hydrogen-bond donors (Lipinski definition) is 2. The van der Waals surface area contributed by atoms with E-state index in [1.165, 1.54) is 5.56 Å². The van der Waals surface area contributed by atoms with E-state index in [2.05, 4.69) is 37.9 Å². The maximum absolute atomic E-state index is 5.42. The Morgan fingerprint density at radius 1 is 1.00 bits per heavy atom. The lowest BCUT2D eigenvalue weighted by molar-refractivity contribution is 0.340. The van der Waals surface area contributed by atoms with Crippen LogP contribution in [-0.4, -0.2) is 21.8 Å². The molecule has 122 valence electrons. The van der Waals surface area contributed by atoms with Crippen LogP contribution in [0.15, 0.2) is 60.8 Å². The molecule has 0 aliphatic heterocycles. The highest BCUT2D eigenvalue weighted by atomic mass is 16.5. The van der Waals surface area contributed by atoms with Crippen LogP contribution in [-0.2, 0) is 6.54 Å². The number of hydrogen-bond acceptors (Lipinski definition) is 6. The van der Waals surface area contributed by atoms with Crippen molar-refractivity contribution in [3.8, 4) is 5.75 Å². The molecule has 0 aliphatic carbocycles. The summed E-state index contributed by atoms with van der Waals surface area (Å²) in [5.74, 6) is 1.94. The van der Waals surface area contributed by atoms with Gasteiger partial charge in [-0.05, 0) is 36.8 Å². The Bertz CT molecular complexity index is 762. The summed E-state index contributed by atoms with van der Waals surface area (Å²) in [7, 11) is 0. The van der Waals surface area contributed by atoms with Crippen LogP contribution in [0.2, 0.25) is 0 Å². The standard InChI is InChI=1S/C18H19N5O/c1-2-24-16-10-8-15(9-11-16)21-18-22-17(13-20-23-18)19-12-14-6-4-3-5-7-14/h3-11,13H,2,12H2,1H3,(H2,19,21,22,23). The number of aromatic nitrogens is 3. The van der Waals surface area contributed by atoms with E-state index in [-0.39, 0.29) is 0 Å². The maximum atomic E-state index is 5.42. The Kier molecular flexibility index (Phi) is 5.19. The Labute approximate surface area is 140 Å². The number of rotatable bonds is 7. The van der Waals surface area contributed by atoms with E-state index in [4.69, 9.17) is 4.74 Å². The smallest absolute Gasteiger partial charge is 0.249 e. The van der Waals surface area contributed by atoms with Crippen molar-refractivity contribution < 1.29 is 4.74 Å². The fourth-order valence-electron chi connectivity index (χ4n) is 2.16. The van der Waals surface area contributed by atoms with E-state index in [0.717, 1.165) is 11.4 Å². The minimum Gasteiger partial charge on any atom is -0.494 e. The predicted octanol–water partition coefficient (Wildman–Crippen LogP) is 3.63. The van der Waals surface area contributed by atoms with Crippen molar-refractivity contribution in [2.45, 2.75) is 13.5 Å². The van der Waals surface area contributed by atoms with Crippen LogP contribution in [0, 0.1) is 0 Å². The molecule has 0 unspecified atom stereocenters. The van der Waals surface area contributed by atoms with Gasteiger partial charge in [0.05, 0.1) is 12.8 Å². The molecule has 2 N–H and O–H groups in total. The summed E-state index contributed by atoms with van der Waals surface area (Å²) in [5.41, 5.74) is 2.05. The second kappa shape index (κ2) is 7.92. The number of nitrogens with zero attached hydrogens (tertiary/aromatic N) is 3. The van der Waals surface area contributed by atoms with E-state index in [0.29, 0.717) is 24.9 Å². The molecule has 0 bridgehead atoms. The average Bonchev–Trinajstić information content (AvgIpc) is 2.63. The van der Waals surface area contributed by atoms with E-state index in [1.54, 1.807) is 6.20 Å². The summed E-state index contributed by atoms with van der Waals surface area (Å²) in [4.78, 5) is 4.41. The first-order valence-corrected chi connectivity index (χ1v) is 7.81. The first-order valence-electron chi connectivity index (χ1n) is 7.81. The predicted molar refractivity (Wildman–Crippen MR) is 94.5 cm³/mol. The second-order valence-electron chi connectivity index (χ2n) is 5.09. The van der Waals surface area contributed by atoms with Crippen molar-refractivity contribution in [1.29, 1.82) is 0 Å². The quantitative estimate of drug-likeness (QED) is 0.692. The monoisotopic (exact) mass is 321 g/mol. The first-order chi connectivity index (χ1) is 11.8. The Balaban J connectivity index is 1.62. The highest BCUT2D eigenvalue weighted by molar-refractivity contribution is 5.55. The fraction of sp³-hybridized carbons (Fsp3) is 0.167. The third kappa shape index (κ3) is 4.42. The molecule has 0 amide bonds.